The number of halogens is 1. The van der Waals surface area contributed by atoms with Gasteiger partial charge in [0.25, 0.3) is 0 Å². The molecule has 0 spiro atoms. The predicted molar refractivity (Wildman–Crippen MR) is 80.0 cm³/mol. The first kappa shape index (κ1) is 13.2. The Bertz CT molecular complexity index is 561. The molecule has 102 valence electrons. The molecule has 1 aliphatic rings. The summed E-state index contributed by atoms with van der Waals surface area (Å²) >= 11 is 7.80. The zero-order chi connectivity index (χ0) is 13.2. The van der Waals surface area contributed by atoms with Gasteiger partial charge >= 0.3 is 0 Å². The average Bonchev–Trinajstić information content (AvgIpc) is 3.03. The van der Waals surface area contributed by atoms with E-state index in [1.54, 1.807) is 11.3 Å². The fraction of sp³-hybridized carbons (Fsp3) is 0.500. The maximum Gasteiger partial charge on any atom is 0.0934 e. The van der Waals surface area contributed by atoms with Gasteiger partial charge in [-0.05, 0) is 56.3 Å². The number of aromatic nitrogens is 2. The Morgan fingerprint density at radius 2 is 2.47 bits per heavy atom. The second-order valence-corrected chi connectivity index (χ2v) is 6.87. The fourth-order valence-electron chi connectivity index (χ4n) is 2.72. The van der Waals surface area contributed by atoms with Crippen molar-refractivity contribution in [3.63, 3.8) is 0 Å². The minimum absolute atomic E-state index is 0.504. The molecule has 19 heavy (non-hydrogen) atoms. The third kappa shape index (κ3) is 2.86. The van der Waals surface area contributed by atoms with Crippen LogP contribution < -0.4 is 5.32 Å². The molecule has 2 N–H and O–H groups in total. The van der Waals surface area contributed by atoms with E-state index in [1.807, 2.05) is 6.20 Å². The molecule has 2 heterocycles. The van der Waals surface area contributed by atoms with E-state index in [-0.39, 0.29) is 0 Å². The van der Waals surface area contributed by atoms with Gasteiger partial charge in [0.05, 0.1) is 10.5 Å². The van der Waals surface area contributed by atoms with Crippen LogP contribution in [0, 0.1) is 6.92 Å². The Morgan fingerprint density at radius 3 is 3.26 bits per heavy atom. The molecule has 5 heteroatoms. The number of hydrogen-bond acceptors (Lipinski definition) is 3. The van der Waals surface area contributed by atoms with E-state index in [1.165, 1.54) is 34.5 Å². The first-order valence-corrected chi connectivity index (χ1v) is 7.94. The van der Waals surface area contributed by atoms with Gasteiger partial charge in [-0.25, -0.2) is 0 Å². The van der Waals surface area contributed by atoms with Gasteiger partial charge in [-0.15, -0.1) is 11.3 Å². The lowest BCUT2D eigenvalue weighted by molar-refractivity contribution is 0.520. The molecule has 0 saturated carbocycles. The number of nitrogens with zero attached hydrogens (tertiary/aromatic N) is 1. The molecule has 0 bridgehead atoms. The molecular weight excluding hydrogens is 278 g/mol. The molecule has 1 unspecified atom stereocenters. The summed E-state index contributed by atoms with van der Waals surface area (Å²) < 4.78 is 0.922. The molecule has 2 aromatic rings. The highest BCUT2D eigenvalue weighted by atomic mass is 35.5. The maximum atomic E-state index is 6.07. The van der Waals surface area contributed by atoms with E-state index >= 15 is 0 Å². The van der Waals surface area contributed by atoms with Gasteiger partial charge in [0.1, 0.15) is 0 Å². The number of H-pyrrole nitrogens is 1. The van der Waals surface area contributed by atoms with Crippen LogP contribution in [0.25, 0.3) is 0 Å². The fourth-order valence-corrected chi connectivity index (χ4v) is 4.08. The second kappa shape index (κ2) is 5.65. The van der Waals surface area contributed by atoms with E-state index in [2.05, 4.69) is 28.5 Å². The molecule has 1 aliphatic carbocycles. The van der Waals surface area contributed by atoms with Crippen LogP contribution in [0.1, 0.15) is 40.6 Å². The van der Waals surface area contributed by atoms with Gasteiger partial charge in [-0.1, -0.05) is 11.6 Å². The summed E-state index contributed by atoms with van der Waals surface area (Å²) in [5, 5.41) is 10.7. The van der Waals surface area contributed by atoms with Gasteiger partial charge in [0.2, 0.25) is 0 Å². The SMILES string of the molecule is Cc1[nH]ncc1CCCNC1CCc2sc(Cl)cc21. The van der Waals surface area contributed by atoms with Crippen LogP contribution in [0.3, 0.4) is 0 Å². The van der Waals surface area contributed by atoms with Crippen LogP contribution in [0.15, 0.2) is 12.3 Å². The van der Waals surface area contributed by atoms with Crippen molar-refractivity contribution >= 4 is 22.9 Å². The van der Waals surface area contributed by atoms with E-state index in [0.717, 1.165) is 23.7 Å². The maximum absolute atomic E-state index is 6.07. The van der Waals surface area contributed by atoms with E-state index in [9.17, 15) is 0 Å². The molecule has 0 amide bonds. The number of thiophene rings is 1. The summed E-state index contributed by atoms with van der Waals surface area (Å²) in [7, 11) is 0. The van der Waals surface area contributed by atoms with Crippen LogP contribution in [0.2, 0.25) is 4.34 Å². The van der Waals surface area contributed by atoms with E-state index < -0.39 is 0 Å². The molecule has 0 aromatic carbocycles. The lowest BCUT2D eigenvalue weighted by Gasteiger charge is -2.12. The van der Waals surface area contributed by atoms with Crippen molar-refractivity contribution in [3.8, 4) is 0 Å². The Kier molecular flexibility index (Phi) is 3.91. The molecule has 0 radical (unpaired) electrons. The Labute approximate surface area is 122 Å². The third-order valence-electron chi connectivity index (χ3n) is 3.80. The minimum Gasteiger partial charge on any atom is -0.310 e. The van der Waals surface area contributed by atoms with Crippen LogP contribution >= 0.6 is 22.9 Å². The van der Waals surface area contributed by atoms with Crippen molar-refractivity contribution in [2.75, 3.05) is 6.54 Å². The lowest BCUT2D eigenvalue weighted by Crippen LogP contribution is -2.20. The normalized spacial score (nSPS) is 17.9. The Morgan fingerprint density at radius 1 is 1.58 bits per heavy atom. The first-order valence-electron chi connectivity index (χ1n) is 6.74. The van der Waals surface area contributed by atoms with Crippen molar-refractivity contribution in [2.24, 2.45) is 0 Å². The van der Waals surface area contributed by atoms with Gasteiger partial charge in [-0.3, -0.25) is 5.10 Å². The third-order valence-corrected chi connectivity index (χ3v) is 5.13. The summed E-state index contributed by atoms with van der Waals surface area (Å²) in [5.41, 5.74) is 3.94. The number of fused-ring (bicyclic) bond motifs is 1. The largest absolute Gasteiger partial charge is 0.310 e. The summed E-state index contributed by atoms with van der Waals surface area (Å²) in [6.45, 7) is 3.12. The number of rotatable bonds is 5. The van der Waals surface area contributed by atoms with E-state index in [0.29, 0.717) is 6.04 Å². The zero-order valence-electron chi connectivity index (χ0n) is 11.0. The van der Waals surface area contributed by atoms with Crippen molar-refractivity contribution in [1.82, 2.24) is 15.5 Å². The van der Waals surface area contributed by atoms with Crippen molar-refractivity contribution in [2.45, 2.75) is 38.6 Å². The van der Waals surface area contributed by atoms with Crippen molar-refractivity contribution in [1.29, 1.82) is 0 Å². The van der Waals surface area contributed by atoms with Gasteiger partial charge in [0.15, 0.2) is 0 Å². The molecule has 0 saturated heterocycles. The quantitative estimate of drug-likeness (QED) is 0.827. The Hall–Kier alpha value is -0.840. The highest BCUT2D eigenvalue weighted by Gasteiger charge is 2.24. The monoisotopic (exact) mass is 295 g/mol. The smallest absolute Gasteiger partial charge is 0.0934 e. The Balaban J connectivity index is 1.47. The molecule has 1 atom stereocenters. The topological polar surface area (TPSA) is 40.7 Å². The van der Waals surface area contributed by atoms with Crippen LogP contribution in [0.5, 0.6) is 0 Å². The summed E-state index contributed by atoms with van der Waals surface area (Å²) in [6, 6.07) is 2.64. The lowest BCUT2D eigenvalue weighted by atomic mass is 10.1. The average molecular weight is 296 g/mol. The van der Waals surface area contributed by atoms with Crippen LogP contribution in [0.4, 0.5) is 0 Å². The first-order chi connectivity index (χ1) is 9.24. The highest BCUT2D eigenvalue weighted by molar-refractivity contribution is 7.16. The number of hydrogen-bond donors (Lipinski definition) is 2. The van der Waals surface area contributed by atoms with Gasteiger partial charge in [-0.2, -0.15) is 5.10 Å². The van der Waals surface area contributed by atoms with E-state index in [4.69, 9.17) is 11.6 Å². The summed E-state index contributed by atoms with van der Waals surface area (Å²) in [4.78, 5) is 1.47. The summed E-state index contributed by atoms with van der Waals surface area (Å²) in [6.07, 6.45) is 6.54. The summed E-state index contributed by atoms with van der Waals surface area (Å²) in [5.74, 6) is 0. The molecule has 3 rings (SSSR count). The van der Waals surface area contributed by atoms with Gasteiger partial charge < -0.3 is 5.32 Å². The molecular formula is C14H18ClN3S. The molecule has 3 nitrogen and oxygen atoms in total. The molecule has 2 aromatic heterocycles. The second-order valence-electron chi connectivity index (χ2n) is 5.10. The van der Waals surface area contributed by atoms with Crippen molar-refractivity contribution < 1.29 is 0 Å². The number of aryl methyl sites for hydroxylation is 3. The van der Waals surface area contributed by atoms with Crippen LogP contribution in [-0.2, 0) is 12.8 Å². The zero-order valence-corrected chi connectivity index (χ0v) is 12.6. The number of aromatic amines is 1. The van der Waals surface area contributed by atoms with Gasteiger partial charge in [0, 0.05) is 16.6 Å². The minimum atomic E-state index is 0.504. The van der Waals surface area contributed by atoms with Crippen molar-refractivity contribution in [3.05, 3.63) is 38.3 Å². The number of nitrogens with one attached hydrogen (secondary N) is 2. The highest BCUT2D eigenvalue weighted by Crippen LogP contribution is 2.39. The standard InChI is InChI=1S/C14H18ClN3S/c1-9-10(8-17-18-9)3-2-6-16-12-4-5-13-11(12)7-14(15)19-13/h7-8,12,16H,2-6H2,1H3,(H,17,18). The molecule has 0 fully saturated rings. The predicted octanol–water partition coefficient (Wildman–Crippen LogP) is 3.64. The van der Waals surface area contributed by atoms with Crippen LogP contribution in [-0.4, -0.2) is 16.7 Å². The molecule has 0 aliphatic heterocycles.